The van der Waals surface area contributed by atoms with Gasteiger partial charge < -0.3 is 8.98 Å². The van der Waals surface area contributed by atoms with Gasteiger partial charge in [-0.1, -0.05) is 140 Å². The Labute approximate surface area is 287 Å². The molecule has 10 rings (SSSR count). The van der Waals surface area contributed by atoms with Gasteiger partial charge >= 0.3 is 0 Å². The van der Waals surface area contributed by atoms with Gasteiger partial charge in [0.25, 0.3) is 0 Å². The van der Waals surface area contributed by atoms with Gasteiger partial charge in [-0.15, -0.1) is 0 Å². The van der Waals surface area contributed by atoms with Crippen LogP contribution in [0.25, 0.3) is 94.7 Å². The lowest BCUT2D eigenvalue weighted by atomic mass is 9.97. The minimum Gasteiger partial charge on any atom is -0.455 e. The lowest BCUT2D eigenvalue weighted by Gasteiger charge is -2.13. The number of benzene rings is 7. The molecule has 234 valence electrons. The van der Waals surface area contributed by atoms with Crippen LogP contribution in [0.5, 0.6) is 0 Å². The molecule has 7 aromatic carbocycles. The molecular weight excluding hydrogens is 613 g/mol. The average Bonchev–Trinajstić information content (AvgIpc) is 3.74. The summed E-state index contributed by atoms with van der Waals surface area (Å²) < 4.78 is 8.79. The van der Waals surface area contributed by atoms with Crippen LogP contribution in [0.15, 0.2) is 174 Å². The van der Waals surface area contributed by atoms with Crippen LogP contribution in [0.4, 0.5) is 0 Å². The predicted molar refractivity (Wildman–Crippen MR) is 203 cm³/mol. The van der Waals surface area contributed by atoms with Crippen molar-refractivity contribution in [1.29, 1.82) is 0 Å². The third kappa shape index (κ3) is 4.52. The van der Waals surface area contributed by atoms with Crippen LogP contribution in [0, 0.1) is 0 Å². The molecule has 0 aliphatic heterocycles. The van der Waals surface area contributed by atoms with Crippen molar-refractivity contribution in [2.45, 2.75) is 0 Å². The summed E-state index contributed by atoms with van der Waals surface area (Å²) in [4.78, 5) is 15.4. The van der Waals surface area contributed by atoms with Crippen LogP contribution in [-0.4, -0.2) is 19.5 Å². The van der Waals surface area contributed by atoms with Crippen LogP contribution in [0.2, 0.25) is 0 Å². The van der Waals surface area contributed by atoms with Crippen molar-refractivity contribution >= 4 is 43.7 Å². The quantitative estimate of drug-likeness (QED) is 0.188. The van der Waals surface area contributed by atoms with Crippen LogP contribution in [0.1, 0.15) is 0 Å². The number of hydrogen-bond donors (Lipinski definition) is 0. The highest BCUT2D eigenvalue weighted by atomic mass is 16.3. The summed E-state index contributed by atoms with van der Waals surface area (Å²) in [6, 6.07) is 58.5. The Hall–Kier alpha value is -6.85. The van der Waals surface area contributed by atoms with Crippen molar-refractivity contribution in [3.63, 3.8) is 0 Å². The van der Waals surface area contributed by atoms with E-state index in [1.807, 2.05) is 54.6 Å². The topological polar surface area (TPSA) is 56.7 Å². The van der Waals surface area contributed by atoms with Gasteiger partial charge in [0.15, 0.2) is 17.5 Å². The zero-order chi connectivity index (χ0) is 33.0. The highest BCUT2D eigenvalue weighted by molar-refractivity contribution is 6.11. The van der Waals surface area contributed by atoms with Gasteiger partial charge in [0, 0.05) is 49.5 Å². The molecule has 0 aliphatic rings. The maximum absolute atomic E-state index is 6.47. The highest BCUT2D eigenvalue weighted by Gasteiger charge is 2.19. The van der Waals surface area contributed by atoms with E-state index in [9.17, 15) is 0 Å². The van der Waals surface area contributed by atoms with Gasteiger partial charge in [-0.3, -0.25) is 0 Å². The van der Waals surface area contributed by atoms with E-state index in [-0.39, 0.29) is 0 Å². The second kappa shape index (κ2) is 11.4. The molecule has 0 saturated heterocycles. The van der Waals surface area contributed by atoms with Gasteiger partial charge in [0.2, 0.25) is 0 Å². The van der Waals surface area contributed by atoms with E-state index in [2.05, 4.69) is 120 Å². The SMILES string of the molecule is c1ccc(-c2nc(-c3cccc(-n4c5ccccc5c5ccccc54)c3)nc(-c3ccccc3-c3cccc4c3oc3ccccc34)n2)cc1. The first kappa shape index (κ1) is 28.2. The summed E-state index contributed by atoms with van der Waals surface area (Å²) >= 11 is 0. The Morgan fingerprint density at radius 3 is 1.70 bits per heavy atom. The first-order chi connectivity index (χ1) is 24.8. The monoisotopic (exact) mass is 640 g/mol. The molecule has 0 N–H and O–H groups in total. The Bertz CT molecular complexity index is 2830. The summed E-state index contributed by atoms with van der Waals surface area (Å²) in [6.45, 7) is 0. The molecular formula is C45H28N4O. The molecule has 0 fully saturated rings. The van der Waals surface area contributed by atoms with Gasteiger partial charge in [-0.05, 0) is 35.9 Å². The van der Waals surface area contributed by atoms with Crippen LogP contribution in [-0.2, 0) is 0 Å². The number of furan rings is 1. The molecule has 0 unspecified atom stereocenters. The van der Waals surface area contributed by atoms with E-state index in [4.69, 9.17) is 19.4 Å². The number of hydrogen-bond acceptors (Lipinski definition) is 4. The minimum atomic E-state index is 0.597. The Morgan fingerprint density at radius 2 is 0.920 bits per heavy atom. The molecule has 0 aliphatic carbocycles. The zero-order valence-corrected chi connectivity index (χ0v) is 26.9. The fourth-order valence-corrected chi connectivity index (χ4v) is 7.20. The fraction of sp³-hybridized carbons (Fsp3) is 0. The van der Waals surface area contributed by atoms with E-state index >= 15 is 0 Å². The van der Waals surface area contributed by atoms with Crippen LogP contribution >= 0.6 is 0 Å². The number of aromatic nitrogens is 4. The van der Waals surface area contributed by atoms with E-state index in [1.165, 1.54) is 10.8 Å². The van der Waals surface area contributed by atoms with Crippen molar-refractivity contribution in [1.82, 2.24) is 19.5 Å². The van der Waals surface area contributed by atoms with Crippen molar-refractivity contribution in [3.05, 3.63) is 170 Å². The van der Waals surface area contributed by atoms with Crippen molar-refractivity contribution in [2.75, 3.05) is 0 Å². The molecule has 3 heterocycles. The second-order valence-corrected chi connectivity index (χ2v) is 12.4. The first-order valence-corrected chi connectivity index (χ1v) is 16.7. The van der Waals surface area contributed by atoms with Gasteiger partial charge in [-0.2, -0.15) is 0 Å². The van der Waals surface area contributed by atoms with E-state index in [0.29, 0.717) is 17.5 Å². The fourth-order valence-electron chi connectivity index (χ4n) is 7.20. The average molecular weight is 641 g/mol. The Kier molecular flexibility index (Phi) is 6.42. The molecule has 3 aromatic heterocycles. The minimum absolute atomic E-state index is 0.597. The van der Waals surface area contributed by atoms with Gasteiger partial charge in [0.1, 0.15) is 11.2 Å². The molecule has 0 bridgehead atoms. The Balaban J connectivity index is 1.18. The first-order valence-electron chi connectivity index (χ1n) is 16.7. The number of fused-ring (bicyclic) bond motifs is 6. The predicted octanol–water partition coefficient (Wildman–Crippen LogP) is 11.5. The lowest BCUT2D eigenvalue weighted by Crippen LogP contribution is -2.02. The van der Waals surface area contributed by atoms with Crippen molar-refractivity contribution in [2.24, 2.45) is 0 Å². The number of para-hydroxylation sites is 4. The van der Waals surface area contributed by atoms with E-state index < -0.39 is 0 Å². The molecule has 0 atom stereocenters. The van der Waals surface area contributed by atoms with Crippen LogP contribution in [0.3, 0.4) is 0 Å². The molecule has 0 radical (unpaired) electrons. The molecule has 10 aromatic rings. The zero-order valence-electron chi connectivity index (χ0n) is 26.9. The molecule has 5 nitrogen and oxygen atoms in total. The maximum atomic E-state index is 6.47. The van der Waals surface area contributed by atoms with Gasteiger partial charge in [-0.25, -0.2) is 15.0 Å². The molecule has 50 heavy (non-hydrogen) atoms. The number of nitrogens with zero attached hydrogens (tertiary/aromatic N) is 4. The third-order valence-electron chi connectivity index (χ3n) is 9.47. The standard InChI is InChI=1S/C45H28N4O/c1-2-14-29(15-3-1)43-46-44(30-16-12-17-31(28-30)49-39-25-9-6-19-33(39)34-20-7-10-26-40(34)49)48-45(47-43)38-22-5-4-18-32(38)36-23-13-24-37-35-21-8-11-27-41(35)50-42(36)37/h1-28H. The largest absolute Gasteiger partial charge is 0.455 e. The third-order valence-corrected chi connectivity index (χ3v) is 9.47. The summed E-state index contributed by atoms with van der Waals surface area (Å²) in [7, 11) is 0. The summed E-state index contributed by atoms with van der Waals surface area (Å²) in [5, 5.41) is 4.62. The summed E-state index contributed by atoms with van der Waals surface area (Å²) in [5.74, 6) is 1.82. The summed E-state index contributed by atoms with van der Waals surface area (Å²) in [5.41, 5.74) is 9.77. The highest BCUT2D eigenvalue weighted by Crippen LogP contribution is 2.40. The lowest BCUT2D eigenvalue weighted by molar-refractivity contribution is 0.670. The molecule has 0 amide bonds. The molecule has 5 heteroatoms. The van der Waals surface area contributed by atoms with Gasteiger partial charge in [0.05, 0.1) is 11.0 Å². The number of rotatable bonds is 5. The molecule has 0 saturated carbocycles. The molecule has 0 spiro atoms. The van der Waals surface area contributed by atoms with E-state index in [0.717, 1.165) is 66.5 Å². The van der Waals surface area contributed by atoms with Crippen LogP contribution < -0.4 is 0 Å². The second-order valence-electron chi connectivity index (χ2n) is 12.4. The smallest absolute Gasteiger partial charge is 0.164 e. The normalized spacial score (nSPS) is 11.6. The van der Waals surface area contributed by atoms with Crippen molar-refractivity contribution < 1.29 is 4.42 Å². The Morgan fingerprint density at radius 1 is 0.380 bits per heavy atom. The van der Waals surface area contributed by atoms with Crippen molar-refractivity contribution in [3.8, 4) is 51.0 Å². The maximum Gasteiger partial charge on any atom is 0.164 e. The summed E-state index contributed by atoms with van der Waals surface area (Å²) in [6.07, 6.45) is 0. The van der Waals surface area contributed by atoms with E-state index in [1.54, 1.807) is 0 Å².